The van der Waals surface area contributed by atoms with Gasteiger partial charge in [-0.05, 0) is 46.3 Å². The van der Waals surface area contributed by atoms with Gasteiger partial charge in [-0.1, -0.05) is 11.6 Å². The van der Waals surface area contributed by atoms with Gasteiger partial charge in [0.2, 0.25) is 10.0 Å². The number of aromatic nitrogens is 1. The smallest absolute Gasteiger partial charge is 0.339 e. The summed E-state index contributed by atoms with van der Waals surface area (Å²) < 4.78 is 27.9. The second kappa shape index (κ2) is 7.91. The number of ether oxygens (including phenoxy) is 1. The molecule has 1 heterocycles. The number of hydrogen-bond donors (Lipinski definition) is 2. The van der Waals surface area contributed by atoms with E-state index in [1.807, 2.05) is 0 Å². The number of primary sulfonamides is 1. The molecule has 0 bridgehead atoms. The van der Waals surface area contributed by atoms with Crippen molar-refractivity contribution in [3.63, 3.8) is 0 Å². The molecule has 0 spiro atoms. The largest absolute Gasteiger partial charge is 0.452 e. The van der Waals surface area contributed by atoms with Crippen LogP contribution in [0.5, 0.6) is 0 Å². The Morgan fingerprint density at radius 2 is 2.04 bits per heavy atom. The van der Waals surface area contributed by atoms with Crippen LogP contribution in [0.4, 0.5) is 5.69 Å². The molecule has 0 radical (unpaired) electrons. The molecule has 0 saturated carbocycles. The first kappa shape index (κ1) is 19.3. The van der Waals surface area contributed by atoms with Crippen LogP contribution in [0.1, 0.15) is 10.4 Å². The van der Waals surface area contributed by atoms with Crippen molar-refractivity contribution in [2.45, 2.75) is 4.90 Å². The summed E-state index contributed by atoms with van der Waals surface area (Å²) in [5.74, 6) is -1.54. The Morgan fingerprint density at radius 1 is 1.32 bits per heavy atom. The molecule has 25 heavy (non-hydrogen) atoms. The molecule has 0 saturated heterocycles. The van der Waals surface area contributed by atoms with E-state index in [1.54, 1.807) is 6.07 Å². The predicted octanol–water partition coefficient (Wildman–Crippen LogP) is 1.94. The Bertz CT molecular complexity index is 936. The van der Waals surface area contributed by atoms with Gasteiger partial charge in [0.15, 0.2) is 11.8 Å². The summed E-state index contributed by atoms with van der Waals surface area (Å²) in [4.78, 5) is 27.4. The molecular weight excluding hydrogens is 438 g/mol. The standard InChI is InChI=1S/C14H11BrClN3O5S/c15-10-4-3-8(25(17,22)23)6-9(10)14(21)24-7-12(20)19-11-2-1-5-18-13(11)16/h1-6H,7H2,(H,19,20)(H2,17,22,23). The van der Waals surface area contributed by atoms with Gasteiger partial charge in [-0.2, -0.15) is 0 Å². The Hall–Kier alpha value is -2.01. The highest BCUT2D eigenvalue weighted by Crippen LogP contribution is 2.21. The molecule has 1 aromatic heterocycles. The van der Waals surface area contributed by atoms with Crippen LogP contribution in [-0.2, 0) is 19.6 Å². The Balaban J connectivity index is 2.05. The highest BCUT2D eigenvalue weighted by atomic mass is 79.9. The van der Waals surface area contributed by atoms with Crippen LogP contribution < -0.4 is 10.5 Å². The molecule has 1 amide bonds. The first-order valence-corrected chi connectivity index (χ1v) is 9.30. The highest BCUT2D eigenvalue weighted by molar-refractivity contribution is 9.10. The topological polar surface area (TPSA) is 128 Å². The third-order valence-corrected chi connectivity index (χ3v) is 4.76. The van der Waals surface area contributed by atoms with Crippen molar-refractivity contribution in [3.8, 4) is 0 Å². The third-order valence-electron chi connectivity index (χ3n) is 2.85. The molecule has 2 rings (SSSR count). The zero-order chi connectivity index (χ0) is 18.6. The zero-order valence-corrected chi connectivity index (χ0v) is 15.6. The fourth-order valence-corrected chi connectivity index (χ4v) is 2.83. The molecule has 1 aromatic carbocycles. The summed E-state index contributed by atoms with van der Waals surface area (Å²) in [6, 6.07) is 6.72. The lowest BCUT2D eigenvalue weighted by Crippen LogP contribution is -2.21. The number of nitrogens with zero attached hydrogens (tertiary/aromatic N) is 1. The van der Waals surface area contributed by atoms with E-state index in [9.17, 15) is 18.0 Å². The van der Waals surface area contributed by atoms with Gasteiger partial charge in [0, 0.05) is 10.7 Å². The molecular formula is C14H11BrClN3O5S. The van der Waals surface area contributed by atoms with E-state index in [1.165, 1.54) is 24.4 Å². The quantitative estimate of drug-likeness (QED) is 0.531. The number of carbonyl (C=O) groups is 2. The number of amides is 1. The van der Waals surface area contributed by atoms with Gasteiger partial charge in [-0.3, -0.25) is 4.79 Å². The maximum Gasteiger partial charge on any atom is 0.339 e. The first-order chi connectivity index (χ1) is 11.7. The third kappa shape index (κ3) is 5.23. The summed E-state index contributed by atoms with van der Waals surface area (Å²) in [5.41, 5.74) is 0.182. The zero-order valence-electron chi connectivity index (χ0n) is 12.4. The van der Waals surface area contributed by atoms with Gasteiger partial charge in [0.25, 0.3) is 5.91 Å². The van der Waals surface area contributed by atoms with E-state index in [2.05, 4.69) is 26.2 Å². The van der Waals surface area contributed by atoms with E-state index >= 15 is 0 Å². The average Bonchev–Trinajstić information content (AvgIpc) is 2.54. The Labute approximate surface area is 156 Å². The number of carbonyl (C=O) groups excluding carboxylic acids is 2. The number of nitrogens with two attached hydrogens (primary N) is 1. The van der Waals surface area contributed by atoms with Gasteiger partial charge in [-0.25, -0.2) is 23.3 Å². The second-order valence-electron chi connectivity index (χ2n) is 4.65. The predicted molar refractivity (Wildman–Crippen MR) is 93.7 cm³/mol. The number of sulfonamides is 1. The molecule has 0 fully saturated rings. The number of nitrogens with one attached hydrogen (secondary N) is 1. The minimum Gasteiger partial charge on any atom is -0.452 e. The van der Waals surface area contributed by atoms with Crippen LogP contribution in [0.15, 0.2) is 45.9 Å². The second-order valence-corrected chi connectivity index (χ2v) is 7.43. The number of benzene rings is 1. The van der Waals surface area contributed by atoms with E-state index in [-0.39, 0.29) is 21.3 Å². The number of halogens is 2. The maximum absolute atomic E-state index is 12.1. The van der Waals surface area contributed by atoms with Crippen LogP contribution in [0.2, 0.25) is 5.15 Å². The molecule has 132 valence electrons. The lowest BCUT2D eigenvalue weighted by Gasteiger charge is -2.09. The molecule has 0 aliphatic carbocycles. The van der Waals surface area contributed by atoms with Crippen molar-refractivity contribution in [3.05, 3.63) is 51.7 Å². The van der Waals surface area contributed by atoms with Crippen LogP contribution in [0, 0.1) is 0 Å². The summed E-state index contributed by atoms with van der Waals surface area (Å²) in [6.45, 7) is -0.601. The molecule has 0 aliphatic rings. The van der Waals surface area contributed by atoms with Crippen molar-refractivity contribution in [2.75, 3.05) is 11.9 Å². The summed E-state index contributed by atoms with van der Waals surface area (Å²) in [6.07, 6.45) is 1.45. The van der Waals surface area contributed by atoms with Gasteiger partial charge in [0.05, 0.1) is 16.1 Å². The van der Waals surface area contributed by atoms with Crippen LogP contribution in [-0.4, -0.2) is 31.9 Å². The number of hydrogen-bond acceptors (Lipinski definition) is 6. The fraction of sp³-hybridized carbons (Fsp3) is 0.0714. The summed E-state index contributed by atoms with van der Waals surface area (Å²) in [7, 11) is -3.98. The summed E-state index contributed by atoms with van der Waals surface area (Å²) >= 11 is 8.90. The van der Waals surface area contributed by atoms with Crippen molar-refractivity contribution < 1.29 is 22.7 Å². The number of rotatable bonds is 5. The van der Waals surface area contributed by atoms with Gasteiger partial charge < -0.3 is 10.1 Å². The lowest BCUT2D eigenvalue weighted by molar-refractivity contribution is -0.119. The SMILES string of the molecule is NS(=O)(=O)c1ccc(Br)c(C(=O)OCC(=O)Nc2cccnc2Cl)c1. The van der Waals surface area contributed by atoms with Crippen molar-refractivity contribution in [2.24, 2.45) is 5.14 Å². The van der Waals surface area contributed by atoms with Gasteiger partial charge >= 0.3 is 5.97 Å². The normalized spacial score (nSPS) is 11.0. The fourth-order valence-electron chi connectivity index (χ4n) is 1.71. The Kier molecular flexibility index (Phi) is 6.11. The number of pyridine rings is 1. The molecule has 11 heteroatoms. The van der Waals surface area contributed by atoms with Gasteiger partial charge in [-0.15, -0.1) is 0 Å². The van der Waals surface area contributed by atoms with Crippen molar-refractivity contribution in [1.82, 2.24) is 4.98 Å². The highest BCUT2D eigenvalue weighted by Gasteiger charge is 2.18. The van der Waals surface area contributed by atoms with E-state index in [0.717, 1.165) is 6.07 Å². The lowest BCUT2D eigenvalue weighted by atomic mass is 10.2. The molecule has 0 atom stereocenters. The van der Waals surface area contributed by atoms with E-state index in [0.29, 0.717) is 4.47 Å². The minimum absolute atomic E-state index is 0.0845. The molecule has 2 aromatic rings. The van der Waals surface area contributed by atoms with Crippen molar-refractivity contribution in [1.29, 1.82) is 0 Å². The average molecular weight is 449 g/mol. The maximum atomic E-state index is 12.1. The van der Waals surface area contributed by atoms with Crippen LogP contribution in [0.3, 0.4) is 0 Å². The van der Waals surface area contributed by atoms with E-state index < -0.39 is 28.5 Å². The summed E-state index contributed by atoms with van der Waals surface area (Å²) in [5, 5.41) is 7.54. The number of esters is 1. The molecule has 0 unspecified atom stereocenters. The van der Waals surface area contributed by atoms with Gasteiger partial charge in [0.1, 0.15) is 0 Å². The van der Waals surface area contributed by atoms with Crippen LogP contribution >= 0.6 is 27.5 Å². The molecule has 8 nitrogen and oxygen atoms in total. The van der Waals surface area contributed by atoms with E-state index in [4.69, 9.17) is 21.5 Å². The minimum atomic E-state index is -3.98. The molecule has 3 N–H and O–H groups in total. The first-order valence-electron chi connectivity index (χ1n) is 6.58. The van der Waals surface area contributed by atoms with Crippen LogP contribution in [0.25, 0.3) is 0 Å². The monoisotopic (exact) mass is 447 g/mol. The van der Waals surface area contributed by atoms with Crippen molar-refractivity contribution >= 4 is 55.1 Å². The molecule has 0 aliphatic heterocycles. The number of anilines is 1. The Morgan fingerprint density at radius 3 is 2.68 bits per heavy atom.